The summed E-state index contributed by atoms with van der Waals surface area (Å²) in [7, 11) is 0. The largest absolute Gasteiger partial charge is 0.480 e. The SMILES string of the molecule is C=C/C=C(N)\C(=C/C)C(=O)CC(NC(C)=O)C(=O)O. The predicted molar refractivity (Wildman–Crippen MR) is 71.1 cm³/mol. The van der Waals surface area contributed by atoms with Crippen molar-refractivity contribution in [2.45, 2.75) is 26.3 Å². The average Bonchev–Trinajstić information content (AvgIpc) is 2.28. The van der Waals surface area contributed by atoms with Gasteiger partial charge in [0.1, 0.15) is 6.04 Å². The van der Waals surface area contributed by atoms with E-state index in [-0.39, 0.29) is 17.7 Å². The van der Waals surface area contributed by atoms with Gasteiger partial charge in [0.05, 0.1) is 0 Å². The van der Waals surface area contributed by atoms with E-state index in [9.17, 15) is 14.4 Å². The summed E-state index contributed by atoms with van der Waals surface area (Å²) < 4.78 is 0. The van der Waals surface area contributed by atoms with Gasteiger partial charge in [-0.2, -0.15) is 0 Å². The van der Waals surface area contributed by atoms with Crippen molar-refractivity contribution < 1.29 is 19.5 Å². The second-order valence-electron chi connectivity index (χ2n) is 3.78. The Morgan fingerprint density at radius 2 is 2.00 bits per heavy atom. The molecule has 0 spiro atoms. The molecule has 1 atom stereocenters. The molecule has 0 aromatic rings. The first-order valence-electron chi connectivity index (χ1n) is 5.61. The maximum absolute atomic E-state index is 11.9. The summed E-state index contributed by atoms with van der Waals surface area (Å²) in [6.45, 7) is 6.26. The van der Waals surface area contributed by atoms with E-state index in [1.54, 1.807) is 6.92 Å². The third-order valence-electron chi connectivity index (χ3n) is 2.26. The van der Waals surface area contributed by atoms with Crippen molar-refractivity contribution >= 4 is 17.7 Å². The van der Waals surface area contributed by atoms with Crippen LogP contribution < -0.4 is 11.1 Å². The molecule has 0 bridgehead atoms. The second-order valence-corrected chi connectivity index (χ2v) is 3.78. The molecule has 0 aliphatic heterocycles. The second kappa shape index (κ2) is 7.86. The quantitative estimate of drug-likeness (QED) is 0.459. The molecule has 0 aromatic carbocycles. The van der Waals surface area contributed by atoms with E-state index in [1.807, 2.05) is 0 Å². The number of carboxylic acid groups (broad SMARTS) is 1. The number of allylic oxidation sites excluding steroid dienone is 4. The number of amides is 1. The van der Waals surface area contributed by atoms with Gasteiger partial charge in [-0.15, -0.1) is 0 Å². The van der Waals surface area contributed by atoms with Crippen LogP contribution in [0.5, 0.6) is 0 Å². The Labute approximate surface area is 111 Å². The third-order valence-corrected chi connectivity index (χ3v) is 2.26. The first-order chi connectivity index (χ1) is 8.83. The minimum Gasteiger partial charge on any atom is -0.480 e. The molecule has 0 saturated carbocycles. The smallest absolute Gasteiger partial charge is 0.326 e. The lowest BCUT2D eigenvalue weighted by Crippen LogP contribution is -2.41. The van der Waals surface area contributed by atoms with E-state index in [1.165, 1.54) is 25.2 Å². The summed E-state index contributed by atoms with van der Waals surface area (Å²) in [6, 6.07) is -1.27. The molecule has 0 fully saturated rings. The van der Waals surface area contributed by atoms with Crippen LogP contribution in [-0.2, 0) is 14.4 Å². The van der Waals surface area contributed by atoms with Crippen LogP contribution in [0.15, 0.2) is 36.1 Å². The lowest BCUT2D eigenvalue weighted by atomic mass is 10.0. The van der Waals surface area contributed by atoms with Gasteiger partial charge in [-0.1, -0.05) is 18.7 Å². The number of carbonyl (C=O) groups excluding carboxylic acids is 2. The molecular weight excluding hydrogens is 248 g/mol. The van der Waals surface area contributed by atoms with E-state index in [2.05, 4.69) is 11.9 Å². The Morgan fingerprint density at radius 1 is 1.42 bits per heavy atom. The number of hydrogen-bond acceptors (Lipinski definition) is 4. The lowest BCUT2D eigenvalue weighted by Gasteiger charge is -2.13. The topological polar surface area (TPSA) is 109 Å². The molecule has 4 N–H and O–H groups in total. The zero-order chi connectivity index (χ0) is 15.0. The highest BCUT2D eigenvalue weighted by Crippen LogP contribution is 2.10. The standard InChI is InChI=1S/C13H18N2O4/c1-4-6-10(14)9(5-2)12(17)7-11(13(18)19)15-8(3)16/h4-6,11H,1,7,14H2,2-3H3,(H,15,16)(H,18,19)/b9-5+,10-6+. The molecule has 0 saturated heterocycles. The third kappa shape index (κ3) is 5.67. The van der Waals surface area contributed by atoms with E-state index in [0.29, 0.717) is 0 Å². The normalized spacial score (nSPS) is 13.6. The van der Waals surface area contributed by atoms with Gasteiger partial charge >= 0.3 is 5.97 Å². The van der Waals surface area contributed by atoms with Crippen LogP contribution in [0.4, 0.5) is 0 Å². The van der Waals surface area contributed by atoms with Crippen molar-refractivity contribution in [1.29, 1.82) is 0 Å². The maximum atomic E-state index is 11.9. The van der Waals surface area contributed by atoms with Crippen LogP contribution in [0.1, 0.15) is 20.3 Å². The molecule has 0 rings (SSSR count). The monoisotopic (exact) mass is 266 g/mol. The van der Waals surface area contributed by atoms with E-state index in [4.69, 9.17) is 10.8 Å². The first kappa shape index (κ1) is 16.6. The minimum atomic E-state index is -1.27. The molecule has 6 nitrogen and oxygen atoms in total. The summed E-state index contributed by atoms with van der Waals surface area (Å²) in [6.07, 6.45) is 4.00. The Hall–Kier alpha value is -2.37. The average molecular weight is 266 g/mol. The van der Waals surface area contributed by atoms with Crippen LogP contribution >= 0.6 is 0 Å². The molecule has 1 amide bonds. The predicted octanol–water partition coefficient (Wildman–Crippen LogP) is 0.510. The Bertz CT molecular complexity index is 450. The van der Waals surface area contributed by atoms with Crippen molar-refractivity contribution in [3.8, 4) is 0 Å². The number of nitrogens with two attached hydrogens (primary N) is 1. The summed E-state index contributed by atoms with van der Waals surface area (Å²) in [5.74, 6) is -2.25. The number of rotatable bonds is 7. The van der Waals surface area contributed by atoms with Crippen molar-refractivity contribution in [1.82, 2.24) is 5.32 Å². The molecule has 0 aromatic heterocycles. The fraction of sp³-hybridized carbons (Fsp3) is 0.308. The van der Waals surface area contributed by atoms with E-state index in [0.717, 1.165) is 0 Å². The summed E-state index contributed by atoms with van der Waals surface area (Å²) >= 11 is 0. The molecule has 0 aliphatic rings. The Balaban J connectivity index is 4.99. The van der Waals surface area contributed by atoms with Gasteiger partial charge < -0.3 is 16.2 Å². The fourth-order valence-corrected chi connectivity index (χ4v) is 1.45. The highest BCUT2D eigenvalue weighted by molar-refractivity contribution is 6.02. The van der Waals surface area contributed by atoms with Gasteiger partial charge in [0.25, 0.3) is 0 Å². The summed E-state index contributed by atoms with van der Waals surface area (Å²) in [5, 5.41) is 11.1. The van der Waals surface area contributed by atoms with Crippen molar-refractivity contribution in [2.24, 2.45) is 5.73 Å². The number of carboxylic acids is 1. The number of Topliss-reactive ketones (excluding diaryl/α,β-unsaturated/α-hetero) is 1. The zero-order valence-corrected chi connectivity index (χ0v) is 11.0. The van der Waals surface area contributed by atoms with Gasteiger partial charge in [0, 0.05) is 24.6 Å². The molecule has 0 aliphatic carbocycles. The molecule has 1 unspecified atom stereocenters. The summed E-state index contributed by atoms with van der Waals surface area (Å²) in [5.41, 5.74) is 6.07. The minimum absolute atomic E-state index is 0.203. The number of ketones is 1. The van der Waals surface area contributed by atoms with E-state index < -0.39 is 23.7 Å². The van der Waals surface area contributed by atoms with Crippen LogP contribution in [0.3, 0.4) is 0 Å². The fourth-order valence-electron chi connectivity index (χ4n) is 1.45. The molecule has 19 heavy (non-hydrogen) atoms. The van der Waals surface area contributed by atoms with Crippen molar-refractivity contribution in [2.75, 3.05) is 0 Å². The molecular formula is C13H18N2O4. The number of nitrogens with one attached hydrogen (secondary N) is 1. The number of carbonyl (C=O) groups is 3. The van der Waals surface area contributed by atoms with Crippen molar-refractivity contribution in [3.63, 3.8) is 0 Å². The maximum Gasteiger partial charge on any atom is 0.326 e. The van der Waals surface area contributed by atoms with Crippen LogP contribution in [0.25, 0.3) is 0 Å². The lowest BCUT2D eigenvalue weighted by molar-refractivity contribution is -0.142. The zero-order valence-electron chi connectivity index (χ0n) is 11.0. The van der Waals surface area contributed by atoms with Gasteiger partial charge in [0.2, 0.25) is 5.91 Å². The van der Waals surface area contributed by atoms with Crippen LogP contribution in [-0.4, -0.2) is 28.8 Å². The van der Waals surface area contributed by atoms with Crippen molar-refractivity contribution in [3.05, 3.63) is 36.1 Å². The summed E-state index contributed by atoms with van der Waals surface area (Å²) in [4.78, 5) is 33.7. The molecule has 0 radical (unpaired) electrons. The Kier molecular flexibility index (Phi) is 6.88. The van der Waals surface area contributed by atoms with Gasteiger partial charge in [-0.25, -0.2) is 4.79 Å². The van der Waals surface area contributed by atoms with Crippen LogP contribution in [0.2, 0.25) is 0 Å². The van der Waals surface area contributed by atoms with Crippen LogP contribution in [0, 0.1) is 0 Å². The Morgan fingerprint density at radius 3 is 2.37 bits per heavy atom. The van der Waals surface area contributed by atoms with Gasteiger partial charge in [0.15, 0.2) is 5.78 Å². The number of hydrogen-bond donors (Lipinski definition) is 3. The molecule has 0 heterocycles. The van der Waals surface area contributed by atoms with E-state index >= 15 is 0 Å². The molecule has 104 valence electrons. The first-order valence-corrected chi connectivity index (χ1v) is 5.61. The number of aliphatic carboxylic acids is 1. The van der Waals surface area contributed by atoms with Gasteiger partial charge in [-0.05, 0) is 13.0 Å². The highest BCUT2D eigenvalue weighted by Gasteiger charge is 2.24. The highest BCUT2D eigenvalue weighted by atomic mass is 16.4. The van der Waals surface area contributed by atoms with Gasteiger partial charge in [-0.3, -0.25) is 9.59 Å². The molecule has 6 heteroatoms.